The van der Waals surface area contributed by atoms with Gasteiger partial charge in [0, 0.05) is 33.2 Å². The fraction of sp³-hybridized carbons (Fsp3) is 0.107. The lowest BCUT2D eigenvalue weighted by atomic mass is 10.0. The van der Waals surface area contributed by atoms with Crippen molar-refractivity contribution in [1.29, 1.82) is 0 Å². The lowest BCUT2D eigenvalue weighted by Crippen LogP contribution is -2.15. The molecule has 0 radical (unpaired) electrons. The molecule has 2 heterocycles. The van der Waals surface area contributed by atoms with Gasteiger partial charge in [-0.15, -0.1) is 0 Å². The van der Waals surface area contributed by atoms with Gasteiger partial charge in [0.1, 0.15) is 12.1 Å². The first-order valence-corrected chi connectivity index (χ1v) is 12.3. The molecular weight excluding hydrogens is 490 g/mol. The van der Waals surface area contributed by atoms with Crippen LogP contribution >= 0.6 is 11.9 Å². The summed E-state index contributed by atoms with van der Waals surface area (Å²) in [5.41, 5.74) is 5.56. The summed E-state index contributed by atoms with van der Waals surface area (Å²) >= 11 is 1.27. The highest BCUT2D eigenvalue weighted by atomic mass is 32.2. The predicted octanol–water partition coefficient (Wildman–Crippen LogP) is 6.31. The zero-order valence-corrected chi connectivity index (χ0v) is 20.9. The van der Waals surface area contributed by atoms with Gasteiger partial charge < -0.3 is 19.4 Å². The quantitative estimate of drug-likeness (QED) is 0.207. The summed E-state index contributed by atoms with van der Waals surface area (Å²) in [7, 11) is 0. The van der Waals surface area contributed by atoms with Gasteiger partial charge in [-0.25, -0.2) is 4.72 Å². The molecule has 1 amide bonds. The number of furan rings is 1. The third-order valence-electron chi connectivity index (χ3n) is 5.80. The number of hydrogen-bond donors (Lipinski definition) is 3. The Bertz CT molecular complexity index is 1590. The fourth-order valence-electron chi connectivity index (χ4n) is 4.05. The number of amides is 1. The van der Waals surface area contributed by atoms with Gasteiger partial charge in [-0.2, -0.15) is 0 Å². The molecule has 0 saturated carbocycles. The number of carbonyl (C=O) groups excluding carboxylic acids is 1. The molecule has 0 saturated heterocycles. The zero-order valence-electron chi connectivity index (χ0n) is 20.1. The van der Waals surface area contributed by atoms with Crippen LogP contribution in [0.2, 0.25) is 0 Å². The van der Waals surface area contributed by atoms with Crippen molar-refractivity contribution in [3.8, 4) is 22.5 Å². The SMILES string of the molecule is Cc1cc(-c2cccc3oc(C(=O)Nc4ccc(-c5ccc(SNCC(=O)O)cc5)cc4)c(C)c23)on1. The third kappa shape index (κ3) is 5.28. The summed E-state index contributed by atoms with van der Waals surface area (Å²) in [6.45, 7) is 3.60. The highest BCUT2D eigenvalue weighted by Crippen LogP contribution is 2.35. The maximum atomic E-state index is 13.1. The standard InChI is InChI=1S/C28H23N3O5S/c1-16-14-24(36-31-16)22-4-3-5-23-26(22)17(2)27(35-23)28(34)30-20-10-6-18(7-11-20)19-8-12-21(13-9-19)37-29-15-25(32)33/h3-14,29H,15H2,1-2H3,(H,30,34)(H,32,33). The molecule has 0 aliphatic rings. The van der Waals surface area contributed by atoms with Crippen molar-refractivity contribution in [3.63, 3.8) is 0 Å². The molecule has 0 aliphatic carbocycles. The van der Waals surface area contributed by atoms with E-state index in [2.05, 4.69) is 15.2 Å². The van der Waals surface area contributed by atoms with E-state index in [0.29, 0.717) is 17.0 Å². The molecule has 8 nitrogen and oxygen atoms in total. The molecule has 37 heavy (non-hydrogen) atoms. The van der Waals surface area contributed by atoms with E-state index in [1.54, 1.807) is 0 Å². The Morgan fingerprint density at radius 2 is 1.68 bits per heavy atom. The molecule has 3 N–H and O–H groups in total. The largest absolute Gasteiger partial charge is 0.480 e. The second-order valence-electron chi connectivity index (χ2n) is 8.44. The molecular formula is C28H23N3O5S. The van der Waals surface area contributed by atoms with Crippen LogP contribution in [0.5, 0.6) is 0 Å². The molecule has 0 unspecified atom stereocenters. The first kappa shape index (κ1) is 24.4. The first-order chi connectivity index (χ1) is 17.9. The molecule has 0 spiro atoms. The first-order valence-electron chi connectivity index (χ1n) is 11.5. The average Bonchev–Trinajstić information content (AvgIpc) is 3.48. The van der Waals surface area contributed by atoms with Crippen molar-refractivity contribution >= 4 is 40.5 Å². The van der Waals surface area contributed by atoms with Gasteiger partial charge in [-0.05, 0) is 67.3 Å². The summed E-state index contributed by atoms with van der Waals surface area (Å²) in [5.74, 6) is -0.375. The van der Waals surface area contributed by atoms with Gasteiger partial charge in [-0.3, -0.25) is 9.59 Å². The van der Waals surface area contributed by atoms with Gasteiger partial charge in [0.2, 0.25) is 0 Å². The number of nitrogens with one attached hydrogen (secondary N) is 2. The van der Waals surface area contributed by atoms with E-state index in [1.165, 1.54) is 11.9 Å². The summed E-state index contributed by atoms with van der Waals surface area (Å²) in [5, 5.41) is 16.4. The number of aliphatic carboxylic acids is 1. The Kier molecular flexibility index (Phi) is 6.80. The molecule has 5 rings (SSSR count). The van der Waals surface area contributed by atoms with Crippen molar-refractivity contribution < 1.29 is 23.6 Å². The number of carboxylic acids is 1. The van der Waals surface area contributed by atoms with Crippen molar-refractivity contribution in [1.82, 2.24) is 9.88 Å². The minimum absolute atomic E-state index is 0.116. The van der Waals surface area contributed by atoms with Crippen molar-refractivity contribution in [3.05, 3.63) is 89.8 Å². The molecule has 0 aliphatic heterocycles. The Morgan fingerprint density at radius 1 is 0.973 bits per heavy atom. The molecule has 2 aromatic heterocycles. The van der Waals surface area contributed by atoms with Crippen molar-refractivity contribution in [2.45, 2.75) is 18.7 Å². The summed E-state index contributed by atoms with van der Waals surface area (Å²) < 4.78 is 14.2. The Labute approximate surface area is 216 Å². The molecule has 186 valence electrons. The number of benzene rings is 3. The maximum Gasteiger partial charge on any atom is 0.318 e. The van der Waals surface area contributed by atoms with Crippen LogP contribution in [-0.4, -0.2) is 28.7 Å². The van der Waals surface area contributed by atoms with Crippen LogP contribution < -0.4 is 10.0 Å². The number of carbonyl (C=O) groups is 2. The second kappa shape index (κ2) is 10.3. The predicted molar refractivity (Wildman–Crippen MR) is 143 cm³/mol. The van der Waals surface area contributed by atoms with Crippen molar-refractivity contribution in [2.24, 2.45) is 0 Å². The van der Waals surface area contributed by atoms with E-state index in [0.717, 1.165) is 38.2 Å². The number of anilines is 1. The summed E-state index contributed by atoms with van der Waals surface area (Å²) in [4.78, 5) is 24.6. The van der Waals surface area contributed by atoms with E-state index in [-0.39, 0.29) is 18.2 Å². The summed E-state index contributed by atoms with van der Waals surface area (Å²) in [6, 6.07) is 22.8. The highest BCUT2D eigenvalue weighted by Gasteiger charge is 2.21. The van der Waals surface area contributed by atoms with Crippen LogP contribution in [0.15, 0.2) is 86.6 Å². The number of aromatic nitrogens is 1. The lowest BCUT2D eigenvalue weighted by molar-refractivity contribution is -0.135. The van der Waals surface area contributed by atoms with Gasteiger partial charge in [-0.1, -0.05) is 41.6 Å². The molecule has 0 bridgehead atoms. The van der Waals surface area contributed by atoms with Crippen LogP contribution in [0.1, 0.15) is 21.8 Å². The Morgan fingerprint density at radius 3 is 2.32 bits per heavy atom. The minimum atomic E-state index is -0.905. The topological polar surface area (TPSA) is 118 Å². The Hall–Kier alpha value is -4.34. The van der Waals surface area contributed by atoms with Crippen molar-refractivity contribution in [2.75, 3.05) is 11.9 Å². The monoisotopic (exact) mass is 513 g/mol. The number of hydrogen-bond acceptors (Lipinski definition) is 7. The van der Waals surface area contributed by atoms with Crippen LogP contribution in [0, 0.1) is 13.8 Å². The van der Waals surface area contributed by atoms with Gasteiger partial charge in [0.25, 0.3) is 5.91 Å². The maximum absolute atomic E-state index is 13.1. The van der Waals surface area contributed by atoms with E-state index in [4.69, 9.17) is 14.0 Å². The molecule has 3 aromatic carbocycles. The number of nitrogens with zero attached hydrogens (tertiary/aromatic N) is 1. The smallest absolute Gasteiger partial charge is 0.318 e. The molecule has 0 atom stereocenters. The minimum Gasteiger partial charge on any atom is -0.480 e. The highest BCUT2D eigenvalue weighted by molar-refractivity contribution is 7.97. The van der Waals surface area contributed by atoms with Gasteiger partial charge in [0.05, 0.1) is 5.69 Å². The van der Waals surface area contributed by atoms with Crippen LogP contribution in [0.25, 0.3) is 33.4 Å². The third-order valence-corrected chi connectivity index (χ3v) is 6.59. The average molecular weight is 514 g/mol. The zero-order chi connectivity index (χ0) is 25.9. The number of rotatable bonds is 8. The fourth-order valence-corrected chi connectivity index (χ4v) is 4.68. The van der Waals surface area contributed by atoms with E-state index in [9.17, 15) is 9.59 Å². The van der Waals surface area contributed by atoms with E-state index < -0.39 is 5.97 Å². The van der Waals surface area contributed by atoms with Gasteiger partial charge >= 0.3 is 5.97 Å². The Balaban J connectivity index is 1.30. The van der Waals surface area contributed by atoms with E-state index >= 15 is 0 Å². The number of fused-ring (bicyclic) bond motifs is 1. The second-order valence-corrected chi connectivity index (χ2v) is 9.40. The lowest BCUT2D eigenvalue weighted by Gasteiger charge is -2.07. The normalized spacial score (nSPS) is 11.1. The molecule has 5 aromatic rings. The molecule has 0 fully saturated rings. The number of aryl methyl sites for hydroxylation is 2. The van der Waals surface area contributed by atoms with Crippen LogP contribution in [-0.2, 0) is 4.79 Å². The van der Waals surface area contributed by atoms with E-state index in [1.807, 2.05) is 86.6 Å². The summed E-state index contributed by atoms with van der Waals surface area (Å²) in [6.07, 6.45) is 0. The van der Waals surface area contributed by atoms with Crippen LogP contribution in [0.3, 0.4) is 0 Å². The van der Waals surface area contributed by atoms with Crippen LogP contribution in [0.4, 0.5) is 5.69 Å². The van der Waals surface area contributed by atoms with Gasteiger partial charge in [0.15, 0.2) is 11.5 Å². The number of carboxylic acid groups (broad SMARTS) is 1. The molecule has 9 heteroatoms.